The molecule has 0 aliphatic rings. The van der Waals surface area contributed by atoms with Crippen LogP contribution in [0.5, 0.6) is 11.5 Å². The Morgan fingerprint density at radius 1 is 1.09 bits per heavy atom. The molecule has 0 bridgehead atoms. The number of carbonyl (C=O) groups excluding carboxylic acids is 1. The number of hydrogen-bond acceptors (Lipinski definition) is 3. The van der Waals surface area contributed by atoms with Gasteiger partial charge in [0.25, 0.3) is 5.91 Å². The molecule has 2 aromatic rings. The second kappa shape index (κ2) is 7.71. The Morgan fingerprint density at radius 3 is 2.23 bits per heavy atom. The molecule has 0 heterocycles. The monoisotopic (exact) mass is 319 g/mol. The van der Waals surface area contributed by atoms with Crippen LogP contribution >= 0.6 is 11.6 Å². The third kappa shape index (κ3) is 4.40. The van der Waals surface area contributed by atoms with Crippen molar-refractivity contribution in [3.8, 4) is 11.5 Å². The fourth-order valence-corrected chi connectivity index (χ4v) is 2.02. The number of amides is 1. The molecule has 0 saturated carbocycles. The van der Waals surface area contributed by atoms with Crippen molar-refractivity contribution in [2.24, 2.45) is 0 Å². The zero-order chi connectivity index (χ0) is 15.9. The van der Waals surface area contributed by atoms with Gasteiger partial charge in [-0.2, -0.15) is 0 Å². The van der Waals surface area contributed by atoms with Gasteiger partial charge in [-0.15, -0.1) is 0 Å². The van der Waals surface area contributed by atoms with Crippen LogP contribution in [0.1, 0.15) is 13.3 Å². The quantitative estimate of drug-likeness (QED) is 0.870. The van der Waals surface area contributed by atoms with E-state index in [9.17, 15) is 4.79 Å². The predicted molar refractivity (Wildman–Crippen MR) is 87.8 cm³/mol. The van der Waals surface area contributed by atoms with E-state index in [1.165, 1.54) is 0 Å². The fourth-order valence-electron chi connectivity index (χ4n) is 1.90. The van der Waals surface area contributed by atoms with Crippen molar-refractivity contribution in [1.29, 1.82) is 0 Å². The van der Waals surface area contributed by atoms with E-state index >= 15 is 0 Å². The van der Waals surface area contributed by atoms with Crippen molar-refractivity contribution >= 4 is 23.2 Å². The van der Waals surface area contributed by atoms with Gasteiger partial charge in [-0.1, -0.05) is 18.5 Å². The first-order chi connectivity index (χ1) is 10.6. The highest BCUT2D eigenvalue weighted by molar-refractivity contribution is 6.30. The molecule has 5 heteroatoms. The van der Waals surface area contributed by atoms with Crippen molar-refractivity contribution in [1.82, 2.24) is 0 Å². The second-order valence-electron chi connectivity index (χ2n) is 4.69. The van der Waals surface area contributed by atoms with Crippen LogP contribution in [-0.2, 0) is 4.79 Å². The summed E-state index contributed by atoms with van der Waals surface area (Å²) in [6.45, 7) is 1.90. The summed E-state index contributed by atoms with van der Waals surface area (Å²) in [7, 11) is 1.60. The van der Waals surface area contributed by atoms with Crippen molar-refractivity contribution in [3.63, 3.8) is 0 Å². The molecule has 0 aliphatic carbocycles. The van der Waals surface area contributed by atoms with Gasteiger partial charge < -0.3 is 14.8 Å². The summed E-state index contributed by atoms with van der Waals surface area (Å²) < 4.78 is 10.8. The maximum Gasteiger partial charge on any atom is 0.265 e. The number of ether oxygens (including phenoxy) is 2. The number of rotatable bonds is 6. The third-order valence-corrected chi connectivity index (χ3v) is 3.36. The zero-order valence-electron chi connectivity index (χ0n) is 12.5. The van der Waals surface area contributed by atoms with Gasteiger partial charge in [0.1, 0.15) is 11.5 Å². The molecule has 0 unspecified atom stereocenters. The van der Waals surface area contributed by atoms with E-state index in [2.05, 4.69) is 5.32 Å². The minimum Gasteiger partial charge on any atom is -0.497 e. The van der Waals surface area contributed by atoms with E-state index < -0.39 is 6.10 Å². The molecule has 1 amide bonds. The number of halogens is 1. The van der Waals surface area contributed by atoms with Crippen LogP contribution in [0.3, 0.4) is 0 Å². The Hall–Kier alpha value is -2.20. The van der Waals surface area contributed by atoms with E-state index in [1.54, 1.807) is 55.6 Å². The molecule has 0 spiro atoms. The van der Waals surface area contributed by atoms with Gasteiger partial charge in [-0.25, -0.2) is 0 Å². The van der Waals surface area contributed by atoms with Gasteiger partial charge in [0.15, 0.2) is 6.10 Å². The molecule has 0 aliphatic heterocycles. The molecular formula is C17H18ClNO3. The number of methoxy groups -OCH3 is 1. The smallest absolute Gasteiger partial charge is 0.265 e. The predicted octanol–water partition coefficient (Wildman–Crippen LogP) is 4.14. The molecular weight excluding hydrogens is 302 g/mol. The van der Waals surface area contributed by atoms with Gasteiger partial charge in [-0.3, -0.25) is 4.79 Å². The highest BCUT2D eigenvalue weighted by Gasteiger charge is 2.18. The standard InChI is InChI=1S/C17H18ClNO3/c1-3-16(22-15-10-8-14(21-2)9-11-15)17(20)19-13-6-4-12(18)5-7-13/h4-11,16H,3H2,1-2H3,(H,19,20)/t16-/m1/s1. The normalized spacial score (nSPS) is 11.6. The van der Waals surface area contributed by atoms with Crippen molar-refractivity contribution in [3.05, 3.63) is 53.6 Å². The van der Waals surface area contributed by atoms with Crippen LogP contribution in [0.2, 0.25) is 5.02 Å². The highest BCUT2D eigenvalue weighted by Crippen LogP contribution is 2.20. The van der Waals surface area contributed by atoms with Crippen LogP contribution in [0.25, 0.3) is 0 Å². The van der Waals surface area contributed by atoms with E-state index in [4.69, 9.17) is 21.1 Å². The van der Waals surface area contributed by atoms with Crippen LogP contribution in [-0.4, -0.2) is 19.1 Å². The summed E-state index contributed by atoms with van der Waals surface area (Å²) in [5, 5.41) is 3.44. The second-order valence-corrected chi connectivity index (χ2v) is 5.12. The molecule has 116 valence electrons. The van der Waals surface area contributed by atoms with E-state index in [0.717, 1.165) is 5.75 Å². The van der Waals surface area contributed by atoms with Crippen LogP contribution in [0, 0.1) is 0 Å². The van der Waals surface area contributed by atoms with Gasteiger partial charge in [-0.05, 0) is 55.0 Å². The first-order valence-corrected chi connectivity index (χ1v) is 7.37. The average Bonchev–Trinajstić information content (AvgIpc) is 2.55. The lowest BCUT2D eigenvalue weighted by Gasteiger charge is -2.17. The number of benzene rings is 2. The molecule has 0 radical (unpaired) electrons. The maximum absolute atomic E-state index is 12.3. The fraction of sp³-hybridized carbons (Fsp3) is 0.235. The Kier molecular flexibility index (Phi) is 5.67. The van der Waals surface area contributed by atoms with Crippen molar-refractivity contribution in [2.75, 3.05) is 12.4 Å². The van der Waals surface area contributed by atoms with E-state index in [1.807, 2.05) is 6.92 Å². The van der Waals surface area contributed by atoms with E-state index in [0.29, 0.717) is 22.9 Å². The lowest BCUT2D eigenvalue weighted by molar-refractivity contribution is -0.122. The van der Waals surface area contributed by atoms with Gasteiger partial charge in [0, 0.05) is 10.7 Å². The molecule has 2 rings (SSSR count). The summed E-state index contributed by atoms with van der Waals surface area (Å²) in [5.74, 6) is 1.17. The molecule has 1 atom stereocenters. The molecule has 4 nitrogen and oxygen atoms in total. The Bertz CT molecular complexity index is 611. The average molecular weight is 320 g/mol. The summed E-state index contributed by atoms with van der Waals surface area (Å²) >= 11 is 5.82. The maximum atomic E-state index is 12.3. The Labute approximate surface area is 135 Å². The molecule has 0 fully saturated rings. The lowest BCUT2D eigenvalue weighted by Crippen LogP contribution is -2.32. The number of carbonyl (C=O) groups is 1. The molecule has 22 heavy (non-hydrogen) atoms. The SMILES string of the molecule is CC[C@@H](Oc1ccc(OC)cc1)C(=O)Nc1ccc(Cl)cc1. The van der Waals surface area contributed by atoms with Crippen LogP contribution < -0.4 is 14.8 Å². The first kappa shape index (κ1) is 16.2. The summed E-state index contributed by atoms with van der Waals surface area (Å²) in [5.41, 5.74) is 0.686. The number of hydrogen-bond donors (Lipinski definition) is 1. The molecule has 1 N–H and O–H groups in total. The highest BCUT2D eigenvalue weighted by atomic mass is 35.5. The molecule has 0 aromatic heterocycles. The van der Waals surface area contributed by atoms with Gasteiger partial charge >= 0.3 is 0 Å². The largest absolute Gasteiger partial charge is 0.497 e. The van der Waals surface area contributed by atoms with Gasteiger partial charge in [0.2, 0.25) is 0 Å². The Morgan fingerprint density at radius 2 is 1.68 bits per heavy atom. The molecule has 0 saturated heterocycles. The molecule has 2 aromatic carbocycles. The third-order valence-electron chi connectivity index (χ3n) is 3.11. The first-order valence-electron chi connectivity index (χ1n) is 6.99. The topological polar surface area (TPSA) is 47.6 Å². The Balaban J connectivity index is 2.00. The summed E-state index contributed by atoms with van der Waals surface area (Å²) in [6, 6.07) is 14.1. The summed E-state index contributed by atoms with van der Waals surface area (Å²) in [4.78, 5) is 12.3. The van der Waals surface area contributed by atoms with Crippen molar-refractivity contribution in [2.45, 2.75) is 19.4 Å². The number of nitrogens with one attached hydrogen (secondary N) is 1. The minimum atomic E-state index is -0.566. The number of anilines is 1. The van der Waals surface area contributed by atoms with Crippen LogP contribution in [0.4, 0.5) is 5.69 Å². The van der Waals surface area contributed by atoms with Gasteiger partial charge in [0.05, 0.1) is 7.11 Å². The van der Waals surface area contributed by atoms with E-state index in [-0.39, 0.29) is 5.91 Å². The zero-order valence-corrected chi connectivity index (χ0v) is 13.3. The summed E-state index contributed by atoms with van der Waals surface area (Å²) in [6.07, 6.45) is -0.00471. The minimum absolute atomic E-state index is 0.194. The lowest BCUT2D eigenvalue weighted by atomic mass is 10.2. The van der Waals surface area contributed by atoms with Crippen molar-refractivity contribution < 1.29 is 14.3 Å². The van der Waals surface area contributed by atoms with Crippen LogP contribution in [0.15, 0.2) is 48.5 Å².